The molecule has 0 unspecified atom stereocenters. The number of hydrogen-bond donors (Lipinski definition) is 0. The Morgan fingerprint density at radius 1 is 1.29 bits per heavy atom. The molecule has 4 heteroatoms. The fourth-order valence-electron chi connectivity index (χ4n) is 1.07. The summed E-state index contributed by atoms with van der Waals surface area (Å²) in [5, 5.41) is 0. The largest absolute Gasteiger partial charge is 0.298 e. The molecule has 2 heterocycles. The summed E-state index contributed by atoms with van der Waals surface area (Å²) >= 11 is 7.27. The Bertz CT molecular complexity index is 449. The van der Waals surface area contributed by atoms with Gasteiger partial charge in [-0.15, -0.1) is 11.3 Å². The van der Waals surface area contributed by atoms with E-state index in [0.717, 1.165) is 21.2 Å². The minimum Gasteiger partial charge on any atom is -0.298 e. The molecule has 2 nitrogen and oxygen atoms in total. The molecule has 0 bridgehead atoms. The second-order valence-corrected chi connectivity index (χ2v) is 4.41. The molecule has 0 aliphatic heterocycles. The van der Waals surface area contributed by atoms with Gasteiger partial charge in [0.05, 0.1) is 14.9 Å². The first-order valence-electron chi connectivity index (χ1n) is 3.96. The van der Waals surface area contributed by atoms with Gasteiger partial charge in [-0.3, -0.25) is 9.78 Å². The molecule has 2 aromatic rings. The van der Waals surface area contributed by atoms with Crippen molar-refractivity contribution in [3.63, 3.8) is 0 Å². The van der Waals surface area contributed by atoms with E-state index in [-0.39, 0.29) is 0 Å². The first-order valence-corrected chi connectivity index (χ1v) is 5.16. The van der Waals surface area contributed by atoms with Crippen LogP contribution in [0, 0.1) is 0 Å². The lowest BCUT2D eigenvalue weighted by atomic mass is 10.2. The summed E-state index contributed by atoms with van der Waals surface area (Å²) < 4.78 is 0.737. The van der Waals surface area contributed by atoms with Crippen LogP contribution in [0.5, 0.6) is 0 Å². The number of nitrogens with zero attached hydrogens (tertiary/aromatic N) is 1. The lowest BCUT2D eigenvalue weighted by molar-refractivity contribution is 0.112. The predicted octanol–water partition coefficient (Wildman–Crippen LogP) is 3.28. The minimum atomic E-state index is 0.580. The average Bonchev–Trinajstić information content (AvgIpc) is 2.65. The number of aldehydes is 1. The summed E-state index contributed by atoms with van der Waals surface area (Å²) in [5.74, 6) is 0. The SMILES string of the molecule is O=Cc1ccc(-c2ccc(Cl)s2)nc1. The highest BCUT2D eigenvalue weighted by Gasteiger charge is 2.02. The smallest absolute Gasteiger partial charge is 0.151 e. The van der Waals surface area contributed by atoms with Crippen LogP contribution in [0.1, 0.15) is 10.4 Å². The van der Waals surface area contributed by atoms with E-state index in [1.807, 2.05) is 18.2 Å². The molecule has 0 amide bonds. The van der Waals surface area contributed by atoms with Gasteiger partial charge < -0.3 is 0 Å². The third kappa shape index (κ3) is 1.84. The van der Waals surface area contributed by atoms with Crippen LogP contribution < -0.4 is 0 Å². The molecule has 0 saturated carbocycles. The van der Waals surface area contributed by atoms with Crippen LogP contribution in [0.15, 0.2) is 30.5 Å². The van der Waals surface area contributed by atoms with Gasteiger partial charge in [0.1, 0.15) is 0 Å². The highest BCUT2D eigenvalue weighted by atomic mass is 35.5. The number of halogens is 1. The van der Waals surface area contributed by atoms with Gasteiger partial charge in [-0.25, -0.2) is 0 Å². The molecule has 0 N–H and O–H groups in total. The topological polar surface area (TPSA) is 30.0 Å². The van der Waals surface area contributed by atoms with Gasteiger partial charge in [-0.1, -0.05) is 11.6 Å². The molecule has 0 saturated heterocycles. The Labute approximate surface area is 90.2 Å². The van der Waals surface area contributed by atoms with Crippen molar-refractivity contribution < 1.29 is 4.79 Å². The number of carbonyl (C=O) groups excluding carboxylic acids is 1. The number of pyridine rings is 1. The van der Waals surface area contributed by atoms with Gasteiger partial charge in [0.25, 0.3) is 0 Å². The summed E-state index contributed by atoms with van der Waals surface area (Å²) in [6.45, 7) is 0. The Kier molecular flexibility index (Phi) is 2.61. The molecule has 0 aliphatic carbocycles. The Balaban J connectivity index is 2.38. The van der Waals surface area contributed by atoms with Crippen molar-refractivity contribution in [2.75, 3.05) is 0 Å². The molecule has 0 fully saturated rings. The molecule has 0 aromatic carbocycles. The maximum absolute atomic E-state index is 10.4. The van der Waals surface area contributed by atoms with E-state index < -0.39 is 0 Å². The molecule has 70 valence electrons. The molecule has 0 aliphatic rings. The zero-order valence-corrected chi connectivity index (χ0v) is 8.68. The fraction of sp³-hybridized carbons (Fsp3) is 0. The molecule has 0 atom stereocenters. The standard InChI is InChI=1S/C10H6ClNOS/c11-10-4-3-9(14-10)8-2-1-7(6-13)5-12-8/h1-6H. The average molecular weight is 224 g/mol. The highest BCUT2D eigenvalue weighted by Crippen LogP contribution is 2.29. The number of aromatic nitrogens is 1. The molecule has 2 rings (SSSR count). The maximum Gasteiger partial charge on any atom is 0.151 e. The number of carbonyl (C=O) groups is 1. The number of hydrogen-bond acceptors (Lipinski definition) is 3. The first-order chi connectivity index (χ1) is 6.79. The van der Waals surface area contributed by atoms with Gasteiger partial charge in [0.2, 0.25) is 0 Å². The zero-order valence-electron chi connectivity index (χ0n) is 7.11. The van der Waals surface area contributed by atoms with Gasteiger partial charge in [-0.2, -0.15) is 0 Å². The summed E-state index contributed by atoms with van der Waals surface area (Å²) in [7, 11) is 0. The summed E-state index contributed by atoms with van der Waals surface area (Å²) in [5.41, 5.74) is 1.42. The van der Waals surface area contributed by atoms with Gasteiger partial charge >= 0.3 is 0 Å². The lowest BCUT2D eigenvalue weighted by Gasteiger charge is -1.95. The predicted molar refractivity (Wildman–Crippen MR) is 57.9 cm³/mol. The molecular weight excluding hydrogens is 218 g/mol. The molecular formula is C10H6ClNOS. The summed E-state index contributed by atoms with van der Waals surface area (Å²) in [4.78, 5) is 15.6. The van der Waals surface area contributed by atoms with Crippen molar-refractivity contribution in [2.45, 2.75) is 0 Å². The van der Waals surface area contributed by atoms with E-state index in [1.54, 1.807) is 12.3 Å². The van der Waals surface area contributed by atoms with Crippen molar-refractivity contribution in [3.05, 3.63) is 40.4 Å². The van der Waals surface area contributed by atoms with E-state index in [0.29, 0.717) is 5.56 Å². The lowest BCUT2D eigenvalue weighted by Crippen LogP contribution is -1.83. The van der Waals surface area contributed by atoms with E-state index in [2.05, 4.69) is 4.98 Å². The maximum atomic E-state index is 10.4. The molecule has 2 aromatic heterocycles. The fourth-order valence-corrected chi connectivity index (χ4v) is 2.09. The van der Waals surface area contributed by atoms with Crippen molar-refractivity contribution in [3.8, 4) is 10.6 Å². The Hall–Kier alpha value is -1.19. The summed E-state index contributed by atoms with van der Waals surface area (Å²) in [6.07, 6.45) is 2.33. The van der Waals surface area contributed by atoms with Crippen LogP contribution in [-0.2, 0) is 0 Å². The second-order valence-electron chi connectivity index (χ2n) is 2.70. The van der Waals surface area contributed by atoms with Crippen LogP contribution in [0.4, 0.5) is 0 Å². The van der Waals surface area contributed by atoms with Gasteiger partial charge in [-0.05, 0) is 24.3 Å². The van der Waals surface area contributed by atoms with E-state index in [4.69, 9.17) is 11.6 Å². The third-order valence-electron chi connectivity index (χ3n) is 1.75. The van der Waals surface area contributed by atoms with Crippen molar-refractivity contribution in [1.82, 2.24) is 4.98 Å². The van der Waals surface area contributed by atoms with Crippen molar-refractivity contribution >= 4 is 29.2 Å². The zero-order chi connectivity index (χ0) is 9.97. The van der Waals surface area contributed by atoms with E-state index in [9.17, 15) is 4.79 Å². The second kappa shape index (κ2) is 3.90. The number of rotatable bonds is 2. The van der Waals surface area contributed by atoms with E-state index >= 15 is 0 Å². The minimum absolute atomic E-state index is 0.580. The molecule has 14 heavy (non-hydrogen) atoms. The summed E-state index contributed by atoms with van der Waals surface area (Å²) in [6, 6.07) is 7.29. The first kappa shape index (κ1) is 9.37. The van der Waals surface area contributed by atoms with Crippen LogP contribution in [-0.4, -0.2) is 11.3 Å². The Morgan fingerprint density at radius 3 is 2.64 bits per heavy atom. The van der Waals surface area contributed by atoms with Crippen LogP contribution in [0.2, 0.25) is 4.34 Å². The Morgan fingerprint density at radius 2 is 2.14 bits per heavy atom. The van der Waals surface area contributed by atoms with Crippen molar-refractivity contribution in [1.29, 1.82) is 0 Å². The van der Waals surface area contributed by atoms with Crippen LogP contribution >= 0.6 is 22.9 Å². The quantitative estimate of drug-likeness (QED) is 0.732. The number of thiophene rings is 1. The molecule has 0 radical (unpaired) electrons. The third-order valence-corrected chi connectivity index (χ3v) is 3.00. The highest BCUT2D eigenvalue weighted by molar-refractivity contribution is 7.19. The van der Waals surface area contributed by atoms with Crippen LogP contribution in [0.3, 0.4) is 0 Å². The van der Waals surface area contributed by atoms with Crippen LogP contribution in [0.25, 0.3) is 10.6 Å². The monoisotopic (exact) mass is 223 g/mol. The van der Waals surface area contributed by atoms with Gasteiger partial charge in [0.15, 0.2) is 6.29 Å². The van der Waals surface area contributed by atoms with Crippen molar-refractivity contribution in [2.24, 2.45) is 0 Å². The van der Waals surface area contributed by atoms with E-state index in [1.165, 1.54) is 11.3 Å². The van der Waals surface area contributed by atoms with Gasteiger partial charge in [0, 0.05) is 11.8 Å². The normalized spacial score (nSPS) is 10.1. The molecule has 0 spiro atoms.